The van der Waals surface area contributed by atoms with Gasteiger partial charge in [0.25, 0.3) is 5.91 Å². The fourth-order valence-corrected chi connectivity index (χ4v) is 5.10. The Balaban J connectivity index is 1.42. The van der Waals surface area contributed by atoms with E-state index in [1.807, 2.05) is 0 Å². The quantitative estimate of drug-likeness (QED) is 0.357. The van der Waals surface area contributed by atoms with Crippen LogP contribution in [0.3, 0.4) is 0 Å². The van der Waals surface area contributed by atoms with E-state index in [0.717, 1.165) is 17.0 Å². The van der Waals surface area contributed by atoms with Crippen molar-refractivity contribution in [2.75, 3.05) is 19.0 Å². The van der Waals surface area contributed by atoms with Gasteiger partial charge in [-0.1, -0.05) is 18.2 Å². The van der Waals surface area contributed by atoms with E-state index < -0.39 is 79.2 Å². The smallest absolute Gasteiger partial charge is 0.396 e. The van der Waals surface area contributed by atoms with E-state index in [2.05, 4.69) is 0 Å². The Morgan fingerprint density at radius 3 is 2.43 bits per heavy atom. The summed E-state index contributed by atoms with van der Waals surface area (Å²) in [4.78, 5) is 41.0. The number of alkyl halides is 3. The molecule has 1 saturated carbocycles. The molecule has 1 aliphatic heterocycles. The molecule has 2 aromatic rings. The van der Waals surface area contributed by atoms with Crippen LogP contribution in [0.25, 0.3) is 0 Å². The highest BCUT2D eigenvalue weighted by molar-refractivity contribution is 6.15. The predicted molar refractivity (Wildman–Crippen MR) is 118 cm³/mol. The van der Waals surface area contributed by atoms with Gasteiger partial charge in [-0.05, 0) is 42.5 Å². The van der Waals surface area contributed by atoms with E-state index in [9.17, 15) is 36.3 Å². The number of carbonyl (C=O) groups excluding carboxylic acids is 3. The molecular weight excluding hydrogens is 501 g/mol. The molecule has 1 saturated heterocycles. The molecule has 37 heavy (non-hydrogen) atoms. The number of nitrogens with zero attached hydrogens (tertiary/aromatic N) is 2. The summed E-state index contributed by atoms with van der Waals surface area (Å²) in [5.41, 5.74) is 3.34. The zero-order valence-corrected chi connectivity index (χ0v) is 19.4. The number of carbonyl (C=O) groups is 3. The summed E-state index contributed by atoms with van der Waals surface area (Å²) in [6, 6.07) is 5.11. The van der Waals surface area contributed by atoms with Crippen molar-refractivity contribution < 1.29 is 41.1 Å². The minimum atomic E-state index is -4.73. The number of anilines is 1. The molecule has 12 heteroatoms. The molecular formula is C25H22F5N3O4. The lowest BCUT2D eigenvalue weighted by Gasteiger charge is -2.34. The number of nitrogen functional groups attached to an aromatic ring is 1. The van der Waals surface area contributed by atoms with E-state index in [1.54, 1.807) is 0 Å². The van der Waals surface area contributed by atoms with Crippen molar-refractivity contribution in [3.05, 3.63) is 64.7 Å². The van der Waals surface area contributed by atoms with Crippen LogP contribution >= 0.6 is 0 Å². The molecule has 1 heterocycles. The first-order chi connectivity index (χ1) is 17.4. The number of benzene rings is 2. The van der Waals surface area contributed by atoms with E-state index in [-0.39, 0.29) is 35.2 Å². The van der Waals surface area contributed by atoms with Crippen LogP contribution in [-0.2, 0) is 37.7 Å². The molecule has 0 bridgehead atoms. The summed E-state index contributed by atoms with van der Waals surface area (Å²) in [5.74, 6) is -4.94. The van der Waals surface area contributed by atoms with Crippen molar-refractivity contribution in [2.45, 2.75) is 43.6 Å². The van der Waals surface area contributed by atoms with Crippen molar-refractivity contribution in [1.29, 1.82) is 0 Å². The SMILES string of the molecule is Nc1ccc2c(c1F)CC(=O)C21OCN(CC(=O)N(Cc2ccc(F)cc2)C(C2CC2)C(F)(F)F)C1=O. The molecule has 0 radical (unpaired) electrons. The standard InChI is InChI=1S/C25H22F5N3O4/c26-15-5-1-13(2-6-15)10-33(22(14-3-4-14)25(28,29)30)20(35)11-32-12-37-24(23(32)36)17-7-8-18(31)21(27)16(17)9-19(24)34/h1-2,5-8,14,22H,3-4,9-12,31H2. The van der Waals surface area contributed by atoms with Gasteiger partial charge in [0.1, 0.15) is 31.0 Å². The van der Waals surface area contributed by atoms with Crippen LogP contribution in [0.4, 0.5) is 27.6 Å². The second kappa shape index (κ2) is 8.79. The maximum atomic E-state index is 14.5. The van der Waals surface area contributed by atoms with Crippen molar-refractivity contribution in [3.63, 3.8) is 0 Å². The number of hydrogen-bond acceptors (Lipinski definition) is 5. The van der Waals surface area contributed by atoms with Crippen molar-refractivity contribution in [2.24, 2.45) is 5.92 Å². The first-order valence-electron chi connectivity index (χ1n) is 11.6. The third-order valence-corrected chi connectivity index (χ3v) is 7.06. The Labute approximate surface area is 208 Å². The number of ether oxygens (including phenoxy) is 1. The van der Waals surface area contributed by atoms with Gasteiger partial charge < -0.3 is 20.3 Å². The lowest BCUT2D eigenvalue weighted by atomic mass is 9.93. The third kappa shape index (κ3) is 4.22. The lowest BCUT2D eigenvalue weighted by Crippen LogP contribution is -2.53. The average molecular weight is 523 g/mol. The molecule has 3 aliphatic rings. The van der Waals surface area contributed by atoms with Crippen LogP contribution in [0.5, 0.6) is 0 Å². The van der Waals surface area contributed by atoms with Crippen LogP contribution < -0.4 is 5.73 Å². The number of halogens is 5. The van der Waals surface area contributed by atoms with Crippen molar-refractivity contribution >= 4 is 23.3 Å². The van der Waals surface area contributed by atoms with Crippen LogP contribution in [0.15, 0.2) is 36.4 Å². The van der Waals surface area contributed by atoms with Gasteiger partial charge in [0, 0.05) is 24.1 Å². The van der Waals surface area contributed by atoms with Gasteiger partial charge >= 0.3 is 6.18 Å². The summed E-state index contributed by atoms with van der Waals surface area (Å²) in [5, 5.41) is 0. The van der Waals surface area contributed by atoms with E-state index in [4.69, 9.17) is 10.5 Å². The zero-order valence-electron chi connectivity index (χ0n) is 19.4. The van der Waals surface area contributed by atoms with Gasteiger partial charge in [0.2, 0.25) is 11.5 Å². The lowest BCUT2D eigenvalue weighted by molar-refractivity contribution is -0.196. The molecule has 2 aliphatic carbocycles. The second-order valence-corrected chi connectivity index (χ2v) is 9.52. The third-order valence-electron chi connectivity index (χ3n) is 7.06. The summed E-state index contributed by atoms with van der Waals surface area (Å²) < 4.78 is 75.6. The average Bonchev–Trinajstić information content (AvgIpc) is 3.55. The second-order valence-electron chi connectivity index (χ2n) is 9.52. The highest BCUT2D eigenvalue weighted by Gasteiger charge is 2.60. The van der Waals surface area contributed by atoms with Gasteiger partial charge in [-0.25, -0.2) is 8.78 Å². The van der Waals surface area contributed by atoms with E-state index in [1.165, 1.54) is 24.3 Å². The summed E-state index contributed by atoms with van der Waals surface area (Å²) in [7, 11) is 0. The first-order valence-corrected chi connectivity index (χ1v) is 11.6. The minimum absolute atomic E-state index is 0.0292. The molecule has 7 nitrogen and oxygen atoms in total. The molecule has 196 valence electrons. The topological polar surface area (TPSA) is 92.9 Å². The number of amides is 2. The predicted octanol–water partition coefficient (Wildman–Crippen LogP) is 3.05. The Morgan fingerprint density at radius 2 is 1.81 bits per heavy atom. The van der Waals surface area contributed by atoms with Crippen LogP contribution in [0.2, 0.25) is 0 Å². The number of nitrogens with two attached hydrogens (primary N) is 1. The molecule has 2 fully saturated rings. The van der Waals surface area contributed by atoms with Crippen LogP contribution in [0.1, 0.15) is 29.5 Å². The van der Waals surface area contributed by atoms with Crippen LogP contribution in [0, 0.1) is 17.6 Å². The summed E-state index contributed by atoms with van der Waals surface area (Å²) in [6.45, 7) is -1.80. The first kappa shape index (κ1) is 25.1. The van der Waals surface area contributed by atoms with Crippen LogP contribution in [-0.4, -0.2) is 52.9 Å². The molecule has 2 aromatic carbocycles. The Bertz CT molecular complexity index is 1280. The van der Waals surface area contributed by atoms with Gasteiger partial charge in [0.05, 0.1) is 5.69 Å². The van der Waals surface area contributed by atoms with Crippen molar-refractivity contribution in [1.82, 2.24) is 9.80 Å². The molecule has 2 amide bonds. The molecule has 2 unspecified atom stereocenters. The summed E-state index contributed by atoms with van der Waals surface area (Å²) >= 11 is 0. The summed E-state index contributed by atoms with van der Waals surface area (Å²) in [6.07, 6.45) is -4.62. The van der Waals surface area contributed by atoms with Crippen molar-refractivity contribution in [3.8, 4) is 0 Å². The van der Waals surface area contributed by atoms with Gasteiger partial charge in [-0.3, -0.25) is 14.4 Å². The zero-order chi connectivity index (χ0) is 26.7. The minimum Gasteiger partial charge on any atom is -0.396 e. The maximum absolute atomic E-state index is 14.5. The monoisotopic (exact) mass is 523 g/mol. The highest BCUT2D eigenvalue weighted by atomic mass is 19.4. The number of rotatable bonds is 6. The number of ketones is 1. The Hall–Kier alpha value is -3.54. The Morgan fingerprint density at radius 1 is 1.14 bits per heavy atom. The fraction of sp³-hybridized carbons (Fsp3) is 0.400. The molecule has 2 N–H and O–H groups in total. The molecule has 1 spiro atoms. The number of fused-ring (bicyclic) bond motifs is 2. The maximum Gasteiger partial charge on any atom is 0.409 e. The van der Waals surface area contributed by atoms with E-state index >= 15 is 0 Å². The highest BCUT2D eigenvalue weighted by Crippen LogP contribution is 2.45. The fourth-order valence-electron chi connectivity index (χ4n) is 5.10. The number of Topliss-reactive ketones (excluding diaryl/α,β-unsaturated/α-hetero) is 1. The van der Waals surface area contributed by atoms with Gasteiger partial charge in [0.15, 0.2) is 5.78 Å². The van der Waals surface area contributed by atoms with Gasteiger partial charge in [-0.2, -0.15) is 13.2 Å². The molecule has 5 rings (SSSR count). The number of hydrogen-bond donors (Lipinski definition) is 1. The normalized spacial score (nSPS) is 22.0. The molecule has 0 aromatic heterocycles. The van der Waals surface area contributed by atoms with Gasteiger partial charge in [-0.15, -0.1) is 0 Å². The van der Waals surface area contributed by atoms with E-state index in [0.29, 0.717) is 4.90 Å². The molecule has 2 atom stereocenters. The largest absolute Gasteiger partial charge is 0.409 e. The Kier molecular flexibility index (Phi) is 5.97.